The highest BCUT2D eigenvalue weighted by atomic mass is 127. The average Bonchev–Trinajstić information content (AvgIpc) is 2.91. The minimum Gasteiger partial charge on any atom is -0.370 e. The van der Waals surface area contributed by atoms with Crippen LogP contribution in [0.5, 0.6) is 0 Å². The van der Waals surface area contributed by atoms with Crippen molar-refractivity contribution in [2.45, 2.75) is 32.2 Å². The third kappa shape index (κ3) is 3.96. The molecule has 22 heavy (non-hydrogen) atoms. The van der Waals surface area contributed by atoms with Crippen molar-refractivity contribution in [2.75, 3.05) is 5.32 Å². The number of halogens is 1. The van der Waals surface area contributed by atoms with Crippen LogP contribution in [0, 0.1) is 0 Å². The van der Waals surface area contributed by atoms with E-state index in [1.807, 2.05) is 7.05 Å². The molecule has 0 amide bonds. The van der Waals surface area contributed by atoms with Gasteiger partial charge < -0.3 is 11.1 Å². The Morgan fingerprint density at radius 1 is 1.36 bits per heavy atom. The molecule has 6 nitrogen and oxygen atoms in total. The molecule has 0 atom stereocenters. The van der Waals surface area contributed by atoms with E-state index in [1.54, 1.807) is 11.0 Å². The second-order valence-electron chi connectivity index (χ2n) is 5.31. The predicted molar refractivity (Wildman–Crippen MR) is 98.5 cm³/mol. The van der Waals surface area contributed by atoms with Crippen LogP contribution in [0.3, 0.4) is 0 Å². The Hall–Kier alpha value is -1.64. The van der Waals surface area contributed by atoms with E-state index in [0.29, 0.717) is 18.3 Å². The van der Waals surface area contributed by atoms with Gasteiger partial charge in [0, 0.05) is 12.7 Å². The predicted octanol–water partition coefficient (Wildman–Crippen LogP) is 2.24. The number of fused-ring (bicyclic) bond motifs is 1. The highest BCUT2D eigenvalue weighted by molar-refractivity contribution is 14.0. The van der Waals surface area contributed by atoms with Crippen LogP contribution in [-0.2, 0) is 26.4 Å². The molecule has 0 saturated carbocycles. The molecule has 1 aromatic heterocycles. The van der Waals surface area contributed by atoms with E-state index in [9.17, 15) is 0 Å². The second kappa shape index (κ2) is 7.57. The Morgan fingerprint density at radius 3 is 2.95 bits per heavy atom. The third-order valence-corrected chi connectivity index (χ3v) is 3.70. The fourth-order valence-corrected chi connectivity index (χ4v) is 2.69. The maximum Gasteiger partial charge on any atom is 0.193 e. The Morgan fingerprint density at radius 2 is 2.18 bits per heavy atom. The lowest BCUT2D eigenvalue weighted by atomic mass is 9.90. The first-order valence-electron chi connectivity index (χ1n) is 7.24. The van der Waals surface area contributed by atoms with E-state index in [2.05, 4.69) is 38.6 Å². The van der Waals surface area contributed by atoms with Gasteiger partial charge in [-0.1, -0.05) is 12.1 Å². The van der Waals surface area contributed by atoms with Crippen LogP contribution in [0.4, 0.5) is 5.69 Å². The normalized spacial score (nSPS) is 14.1. The average molecular weight is 412 g/mol. The molecule has 0 radical (unpaired) electrons. The minimum absolute atomic E-state index is 0. The molecule has 3 rings (SSSR count). The molecule has 1 heterocycles. The number of nitrogens with one attached hydrogen (secondary N) is 1. The van der Waals surface area contributed by atoms with Crippen LogP contribution in [-0.4, -0.2) is 20.7 Å². The summed E-state index contributed by atoms with van der Waals surface area (Å²) in [5, 5.41) is 7.39. The van der Waals surface area contributed by atoms with Crippen molar-refractivity contribution < 1.29 is 0 Å². The van der Waals surface area contributed by atoms with Crippen LogP contribution in [0.1, 0.15) is 29.8 Å². The highest BCUT2D eigenvalue weighted by Gasteiger charge is 2.13. The molecule has 0 saturated heterocycles. The highest BCUT2D eigenvalue weighted by Crippen LogP contribution is 2.27. The van der Waals surface area contributed by atoms with Gasteiger partial charge in [-0.3, -0.25) is 4.68 Å². The summed E-state index contributed by atoms with van der Waals surface area (Å²) in [5.74, 6) is 1.07. The van der Waals surface area contributed by atoms with Crippen molar-refractivity contribution in [1.29, 1.82) is 0 Å². The maximum atomic E-state index is 5.97. The van der Waals surface area contributed by atoms with Crippen molar-refractivity contribution in [3.05, 3.63) is 41.5 Å². The largest absolute Gasteiger partial charge is 0.370 e. The molecular formula is C15H21IN6. The third-order valence-electron chi connectivity index (χ3n) is 3.70. The van der Waals surface area contributed by atoms with Crippen LogP contribution in [0.15, 0.2) is 29.5 Å². The molecule has 1 aromatic carbocycles. The van der Waals surface area contributed by atoms with Gasteiger partial charge in [0.2, 0.25) is 0 Å². The number of rotatable bonds is 3. The summed E-state index contributed by atoms with van der Waals surface area (Å²) in [7, 11) is 1.83. The summed E-state index contributed by atoms with van der Waals surface area (Å²) in [6, 6.07) is 6.33. The molecule has 3 N–H and O–H groups in total. The summed E-state index contributed by atoms with van der Waals surface area (Å²) in [4.78, 5) is 8.42. The monoisotopic (exact) mass is 412 g/mol. The molecule has 0 unspecified atom stereocenters. The molecule has 7 heteroatoms. The van der Waals surface area contributed by atoms with Gasteiger partial charge in [0.25, 0.3) is 0 Å². The summed E-state index contributed by atoms with van der Waals surface area (Å²) in [6.45, 7) is 0.384. The molecule has 1 aliphatic rings. The Labute approximate surface area is 147 Å². The first kappa shape index (κ1) is 16.7. The van der Waals surface area contributed by atoms with E-state index >= 15 is 0 Å². The quantitative estimate of drug-likeness (QED) is 0.461. The van der Waals surface area contributed by atoms with E-state index in [4.69, 9.17) is 5.73 Å². The van der Waals surface area contributed by atoms with E-state index in [-0.39, 0.29) is 24.0 Å². The molecule has 1 aliphatic carbocycles. The molecule has 0 fully saturated rings. The summed E-state index contributed by atoms with van der Waals surface area (Å²) in [6.07, 6.45) is 6.42. The zero-order valence-corrected chi connectivity index (χ0v) is 14.9. The van der Waals surface area contributed by atoms with Crippen LogP contribution in [0.25, 0.3) is 0 Å². The number of aryl methyl sites for hydroxylation is 2. The fraction of sp³-hybridized carbons (Fsp3) is 0.400. The number of nitrogens with zero attached hydrogens (tertiary/aromatic N) is 4. The second-order valence-corrected chi connectivity index (χ2v) is 5.31. The summed E-state index contributed by atoms with van der Waals surface area (Å²) >= 11 is 0. The molecule has 0 spiro atoms. The lowest BCUT2D eigenvalue weighted by Gasteiger charge is -2.19. The van der Waals surface area contributed by atoms with Gasteiger partial charge in [0.15, 0.2) is 11.8 Å². The number of aromatic nitrogens is 3. The Bertz CT molecular complexity index is 664. The Kier molecular flexibility index (Phi) is 5.76. The van der Waals surface area contributed by atoms with Crippen LogP contribution >= 0.6 is 24.0 Å². The van der Waals surface area contributed by atoms with Crippen LogP contribution in [0.2, 0.25) is 0 Å². The van der Waals surface area contributed by atoms with Crippen molar-refractivity contribution >= 4 is 35.6 Å². The molecule has 0 aliphatic heterocycles. The van der Waals surface area contributed by atoms with Gasteiger partial charge in [-0.2, -0.15) is 5.10 Å². The number of hydrogen-bond acceptors (Lipinski definition) is 3. The molecule has 2 aromatic rings. The number of guanidine groups is 1. The standard InChI is InChI=1S/C15H20N6.HI/c1-21-10-18-14(20-21)9-17-15(16)19-13-8-4-6-11-5-2-3-7-12(11)13;/h4,6,8,10H,2-3,5,7,9H2,1H3,(H3,16,17,19);1H. The van der Waals surface area contributed by atoms with Gasteiger partial charge in [0.05, 0.1) is 0 Å². The van der Waals surface area contributed by atoms with E-state index < -0.39 is 0 Å². The first-order chi connectivity index (χ1) is 10.2. The fourth-order valence-electron chi connectivity index (χ4n) is 2.69. The number of aliphatic imine (C=N–C) groups is 1. The van der Waals surface area contributed by atoms with Gasteiger partial charge in [-0.25, -0.2) is 9.98 Å². The van der Waals surface area contributed by atoms with Crippen molar-refractivity contribution in [3.8, 4) is 0 Å². The van der Waals surface area contributed by atoms with E-state index in [0.717, 1.165) is 18.5 Å². The lowest BCUT2D eigenvalue weighted by molar-refractivity contribution is 0.687. The first-order valence-corrected chi connectivity index (χ1v) is 7.24. The molecule has 118 valence electrons. The number of hydrogen-bond donors (Lipinski definition) is 2. The zero-order valence-electron chi connectivity index (χ0n) is 12.6. The minimum atomic E-state index is 0. The summed E-state index contributed by atoms with van der Waals surface area (Å²) in [5.41, 5.74) is 9.84. The van der Waals surface area contributed by atoms with Gasteiger partial charge in [0.1, 0.15) is 12.9 Å². The topological polar surface area (TPSA) is 81.1 Å². The van der Waals surface area contributed by atoms with Gasteiger partial charge >= 0.3 is 0 Å². The summed E-state index contributed by atoms with van der Waals surface area (Å²) < 4.78 is 1.65. The maximum absolute atomic E-state index is 5.97. The van der Waals surface area contributed by atoms with Crippen molar-refractivity contribution in [3.63, 3.8) is 0 Å². The SMILES string of the molecule is Cn1cnc(CN=C(N)Nc2cccc3c2CCCC3)n1.I. The smallest absolute Gasteiger partial charge is 0.193 e. The number of anilines is 1. The number of nitrogens with two attached hydrogens (primary N) is 1. The molecular weight excluding hydrogens is 391 g/mol. The zero-order chi connectivity index (χ0) is 14.7. The van der Waals surface area contributed by atoms with Crippen molar-refractivity contribution in [1.82, 2.24) is 14.8 Å². The van der Waals surface area contributed by atoms with Crippen LogP contribution < -0.4 is 11.1 Å². The van der Waals surface area contributed by atoms with Crippen molar-refractivity contribution in [2.24, 2.45) is 17.8 Å². The lowest BCUT2D eigenvalue weighted by Crippen LogP contribution is -2.24. The van der Waals surface area contributed by atoms with E-state index in [1.165, 1.54) is 24.0 Å². The number of benzene rings is 1. The van der Waals surface area contributed by atoms with Gasteiger partial charge in [-0.15, -0.1) is 24.0 Å². The van der Waals surface area contributed by atoms with Gasteiger partial charge in [-0.05, 0) is 42.9 Å². The Balaban J connectivity index is 0.00000176. The molecule has 0 bridgehead atoms.